The Balaban J connectivity index is 2.04. The molecule has 1 aromatic carbocycles. The van der Waals surface area contributed by atoms with E-state index in [0.717, 1.165) is 11.5 Å². The van der Waals surface area contributed by atoms with Gasteiger partial charge in [-0.15, -0.1) is 0 Å². The molecule has 0 spiro atoms. The van der Waals surface area contributed by atoms with Crippen LogP contribution in [0.25, 0.3) is 0 Å². The van der Waals surface area contributed by atoms with Gasteiger partial charge in [-0.3, -0.25) is 0 Å². The molecule has 0 saturated carbocycles. The Morgan fingerprint density at radius 2 is 2.12 bits per heavy atom. The minimum atomic E-state index is -0.343. The molecule has 0 saturated heterocycles. The second kappa shape index (κ2) is 4.58. The van der Waals surface area contributed by atoms with E-state index in [9.17, 15) is 4.39 Å². The summed E-state index contributed by atoms with van der Waals surface area (Å²) in [5.74, 6) is 1.34. The van der Waals surface area contributed by atoms with Gasteiger partial charge in [-0.05, 0) is 37.3 Å². The largest absolute Gasteiger partial charge is 0.465 e. The van der Waals surface area contributed by atoms with E-state index >= 15 is 0 Å². The molecule has 2 aromatic rings. The van der Waals surface area contributed by atoms with Crippen LogP contribution in [0.5, 0.6) is 0 Å². The van der Waals surface area contributed by atoms with Gasteiger partial charge in [0, 0.05) is 0 Å². The molecule has 1 heterocycles. The van der Waals surface area contributed by atoms with Crippen LogP contribution >= 0.6 is 11.6 Å². The molecule has 0 unspecified atom stereocenters. The normalized spacial score (nSPS) is 10.4. The Kier molecular flexibility index (Phi) is 3.15. The third-order valence-corrected chi connectivity index (χ3v) is 2.49. The predicted octanol–water partition coefficient (Wildman–Crippen LogP) is 3.99. The van der Waals surface area contributed by atoms with Crippen molar-refractivity contribution in [1.29, 1.82) is 0 Å². The van der Waals surface area contributed by atoms with Crippen LogP contribution in [-0.4, -0.2) is 0 Å². The van der Waals surface area contributed by atoms with E-state index < -0.39 is 0 Å². The zero-order valence-electron chi connectivity index (χ0n) is 8.76. The lowest BCUT2D eigenvalue weighted by atomic mass is 10.3. The maximum Gasteiger partial charge on any atom is 0.124 e. The molecule has 84 valence electrons. The molecular weight excluding hydrogens is 229 g/mol. The minimum absolute atomic E-state index is 0.343. The van der Waals surface area contributed by atoms with Gasteiger partial charge in [-0.2, -0.15) is 0 Å². The van der Waals surface area contributed by atoms with Crippen LogP contribution in [0.1, 0.15) is 11.5 Å². The second-order valence-corrected chi connectivity index (χ2v) is 3.90. The number of benzene rings is 1. The van der Waals surface area contributed by atoms with Crippen LogP contribution < -0.4 is 5.32 Å². The van der Waals surface area contributed by atoms with Crippen LogP contribution in [0.4, 0.5) is 10.1 Å². The standard InChI is InChI=1S/C12H11ClFNO/c1-8-2-4-10(16-8)7-15-12-5-3-9(14)6-11(12)13/h2-6,15H,7H2,1H3. The number of hydrogen-bond donors (Lipinski definition) is 1. The molecule has 0 radical (unpaired) electrons. The van der Waals surface area contributed by atoms with Gasteiger partial charge in [0.05, 0.1) is 17.3 Å². The van der Waals surface area contributed by atoms with Gasteiger partial charge in [0.25, 0.3) is 0 Å². The molecular formula is C12H11ClFNO. The molecule has 2 nitrogen and oxygen atoms in total. The average molecular weight is 240 g/mol. The highest BCUT2D eigenvalue weighted by molar-refractivity contribution is 6.33. The van der Waals surface area contributed by atoms with Crippen molar-refractivity contribution in [1.82, 2.24) is 0 Å². The molecule has 0 atom stereocenters. The van der Waals surface area contributed by atoms with Gasteiger partial charge >= 0.3 is 0 Å². The third kappa shape index (κ3) is 2.55. The lowest BCUT2D eigenvalue weighted by Gasteiger charge is -2.06. The first kappa shape index (κ1) is 11.0. The Bertz CT molecular complexity index is 496. The number of aryl methyl sites for hydroxylation is 1. The summed E-state index contributed by atoms with van der Waals surface area (Å²) in [6, 6.07) is 8.02. The molecule has 0 aliphatic rings. The lowest BCUT2D eigenvalue weighted by Crippen LogP contribution is -1.98. The average Bonchev–Trinajstić information content (AvgIpc) is 2.63. The maximum absolute atomic E-state index is 12.8. The quantitative estimate of drug-likeness (QED) is 0.876. The van der Waals surface area contributed by atoms with Gasteiger partial charge in [0.2, 0.25) is 0 Å². The van der Waals surface area contributed by atoms with E-state index in [0.29, 0.717) is 17.3 Å². The summed E-state index contributed by atoms with van der Waals surface area (Å²) < 4.78 is 18.2. The lowest BCUT2D eigenvalue weighted by molar-refractivity contribution is 0.490. The maximum atomic E-state index is 12.8. The highest BCUT2D eigenvalue weighted by Gasteiger charge is 2.03. The Labute approximate surface area is 98.0 Å². The highest BCUT2D eigenvalue weighted by Crippen LogP contribution is 2.23. The zero-order valence-corrected chi connectivity index (χ0v) is 9.51. The Morgan fingerprint density at radius 1 is 1.31 bits per heavy atom. The van der Waals surface area contributed by atoms with Crippen molar-refractivity contribution in [2.45, 2.75) is 13.5 Å². The summed E-state index contributed by atoms with van der Waals surface area (Å²) in [7, 11) is 0. The van der Waals surface area contributed by atoms with E-state index in [1.165, 1.54) is 12.1 Å². The molecule has 0 aliphatic carbocycles. The van der Waals surface area contributed by atoms with Crippen LogP contribution in [0.3, 0.4) is 0 Å². The van der Waals surface area contributed by atoms with E-state index in [-0.39, 0.29) is 5.82 Å². The highest BCUT2D eigenvalue weighted by atomic mass is 35.5. The fourth-order valence-corrected chi connectivity index (χ4v) is 1.63. The molecule has 0 bridgehead atoms. The van der Waals surface area contributed by atoms with Crippen molar-refractivity contribution in [3.05, 3.63) is 52.7 Å². The number of nitrogens with one attached hydrogen (secondary N) is 1. The smallest absolute Gasteiger partial charge is 0.124 e. The molecule has 0 amide bonds. The van der Waals surface area contributed by atoms with Crippen LogP contribution in [0.15, 0.2) is 34.7 Å². The van der Waals surface area contributed by atoms with Crippen molar-refractivity contribution in [2.24, 2.45) is 0 Å². The SMILES string of the molecule is Cc1ccc(CNc2ccc(F)cc2Cl)o1. The first-order valence-electron chi connectivity index (χ1n) is 4.89. The third-order valence-electron chi connectivity index (χ3n) is 2.18. The predicted molar refractivity (Wildman–Crippen MR) is 62.2 cm³/mol. The number of anilines is 1. The zero-order chi connectivity index (χ0) is 11.5. The molecule has 0 aliphatic heterocycles. The van der Waals surface area contributed by atoms with Crippen molar-refractivity contribution in [3.8, 4) is 0 Å². The number of rotatable bonds is 3. The molecule has 0 fully saturated rings. The van der Waals surface area contributed by atoms with Crippen molar-refractivity contribution < 1.29 is 8.81 Å². The van der Waals surface area contributed by atoms with Crippen molar-refractivity contribution >= 4 is 17.3 Å². The fourth-order valence-electron chi connectivity index (χ4n) is 1.40. The van der Waals surface area contributed by atoms with Gasteiger partial charge < -0.3 is 9.73 Å². The summed E-state index contributed by atoms with van der Waals surface area (Å²) in [6.45, 7) is 2.41. The number of hydrogen-bond acceptors (Lipinski definition) is 2. The first-order valence-corrected chi connectivity index (χ1v) is 5.27. The fraction of sp³-hybridized carbons (Fsp3) is 0.167. The van der Waals surface area contributed by atoms with Gasteiger partial charge in [-0.1, -0.05) is 11.6 Å². The summed E-state index contributed by atoms with van der Waals surface area (Å²) in [6.07, 6.45) is 0. The molecule has 16 heavy (non-hydrogen) atoms. The Hall–Kier alpha value is -1.48. The summed E-state index contributed by atoms with van der Waals surface area (Å²) in [5.41, 5.74) is 0.692. The van der Waals surface area contributed by atoms with E-state index in [1.807, 2.05) is 19.1 Å². The number of furan rings is 1. The summed E-state index contributed by atoms with van der Waals surface area (Å²) in [5, 5.41) is 3.44. The summed E-state index contributed by atoms with van der Waals surface area (Å²) >= 11 is 5.87. The minimum Gasteiger partial charge on any atom is -0.465 e. The summed E-state index contributed by atoms with van der Waals surface area (Å²) in [4.78, 5) is 0. The first-order chi connectivity index (χ1) is 7.65. The Morgan fingerprint density at radius 3 is 2.75 bits per heavy atom. The van der Waals surface area contributed by atoms with Gasteiger partial charge in [-0.25, -0.2) is 4.39 Å². The monoisotopic (exact) mass is 239 g/mol. The molecule has 1 aromatic heterocycles. The second-order valence-electron chi connectivity index (χ2n) is 3.49. The van der Waals surface area contributed by atoms with Crippen LogP contribution in [0.2, 0.25) is 5.02 Å². The van der Waals surface area contributed by atoms with Crippen molar-refractivity contribution in [2.75, 3.05) is 5.32 Å². The van der Waals surface area contributed by atoms with Crippen LogP contribution in [-0.2, 0) is 6.54 Å². The molecule has 2 rings (SSSR count). The van der Waals surface area contributed by atoms with Gasteiger partial charge in [0.15, 0.2) is 0 Å². The molecule has 1 N–H and O–H groups in total. The molecule has 4 heteroatoms. The van der Waals surface area contributed by atoms with E-state index in [2.05, 4.69) is 5.32 Å². The van der Waals surface area contributed by atoms with E-state index in [4.69, 9.17) is 16.0 Å². The van der Waals surface area contributed by atoms with Crippen molar-refractivity contribution in [3.63, 3.8) is 0 Å². The van der Waals surface area contributed by atoms with Gasteiger partial charge in [0.1, 0.15) is 17.3 Å². The topological polar surface area (TPSA) is 25.2 Å². The number of halogens is 2. The van der Waals surface area contributed by atoms with E-state index in [1.54, 1.807) is 6.07 Å². The van der Waals surface area contributed by atoms with Crippen LogP contribution in [0, 0.1) is 12.7 Å².